The van der Waals surface area contributed by atoms with Gasteiger partial charge in [0.1, 0.15) is 0 Å². The maximum atomic E-state index is 12.1. The van der Waals surface area contributed by atoms with Gasteiger partial charge in [-0.25, -0.2) is 9.98 Å². The van der Waals surface area contributed by atoms with Crippen LogP contribution >= 0.6 is 24.0 Å². The van der Waals surface area contributed by atoms with Crippen molar-refractivity contribution in [2.75, 3.05) is 40.0 Å². The average Bonchev–Trinajstić information content (AvgIpc) is 3.06. The molecule has 0 bridgehead atoms. The fourth-order valence-electron chi connectivity index (χ4n) is 2.73. The third kappa shape index (κ3) is 8.50. The van der Waals surface area contributed by atoms with E-state index in [4.69, 9.17) is 4.74 Å². The third-order valence-electron chi connectivity index (χ3n) is 3.92. The van der Waals surface area contributed by atoms with E-state index < -0.39 is 12.8 Å². The quantitative estimate of drug-likeness (QED) is 0.353. The topological polar surface area (TPSA) is 59.0 Å². The summed E-state index contributed by atoms with van der Waals surface area (Å²) < 4.78 is 46.2. The van der Waals surface area contributed by atoms with Gasteiger partial charge in [0.15, 0.2) is 12.6 Å². The Kier molecular flexibility index (Phi) is 10.1. The predicted molar refractivity (Wildman–Crippen MR) is 108 cm³/mol. The number of nitrogens with zero attached hydrogens (tertiary/aromatic N) is 3. The Hall–Kier alpha value is -1.30. The highest BCUT2D eigenvalue weighted by Gasteiger charge is 2.28. The highest BCUT2D eigenvalue weighted by Crippen LogP contribution is 2.18. The van der Waals surface area contributed by atoms with Crippen LogP contribution in [0.15, 0.2) is 23.3 Å². The van der Waals surface area contributed by atoms with Crippen LogP contribution in [0.3, 0.4) is 0 Å². The van der Waals surface area contributed by atoms with Crippen molar-refractivity contribution < 1.29 is 22.6 Å². The lowest BCUT2D eigenvalue weighted by atomic mass is 10.1. The minimum Gasteiger partial charge on any atom is -0.468 e. The smallest absolute Gasteiger partial charge is 0.422 e. The molecular formula is C17H26F3IN4O2. The number of aromatic nitrogens is 1. The first kappa shape index (κ1) is 23.7. The second kappa shape index (κ2) is 11.5. The number of hydrogen-bond donors (Lipinski definition) is 1. The van der Waals surface area contributed by atoms with Crippen LogP contribution in [0.2, 0.25) is 0 Å². The highest BCUT2D eigenvalue weighted by molar-refractivity contribution is 14.0. The van der Waals surface area contributed by atoms with E-state index in [-0.39, 0.29) is 29.9 Å². The predicted octanol–water partition coefficient (Wildman–Crippen LogP) is 3.07. The van der Waals surface area contributed by atoms with E-state index in [1.807, 2.05) is 6.92 Å². The molecule has 1 saturated heterocycles. The molecule has 0 amide bonds. The van der Waals surface area contributed by atoms with Crippen molar-refractivity contribution in [1.82, 2.24) is 15.2 Å². The molecule has 27 heavy (non-hydrogen) atoms. The second-order valence-electron chi connectivity index (χ2n) is 6.13. The molecule has 2 rings (SSSR count). The molecule has 0 aromatic carbocycles. The first-order valence-corrected chi connectivity index (χ1v) is 8.58. The van der Waals surface area contributed by atoms with Crippen LogP contribution in [-0.2, 0) is 11.3 Å². The first-order chi connectivity index (χ1) is 12.4. The first-order valence-electron chi connectivity index (χ1n) is 8.58. The minimum absolute atomic E-state index is 0. The Bertz CT molecular complexity index is 585. The molecule has 0 aliphatic carbocycles. The van der Waals surface area contributed by atoms with Crippen molar-refractivity contribution >= 4 is 29.9 Å². The Morgan fingerprint density at radius 1 is 1.41 bits per heavy atom. The van der Waals surface area contributed by atoms with Gasteiger partial charge >= 0.3 is 6.18 Å². The fraction of sp³-hybridized carbons (Fsp3) is 0.647. The molecule has 0 spiro atoms. The molecule has 154 valence electrons. The van der Waals surface area contributed by atoms with E-state index in [0.29, 0.717) is 12.5 Å². The SMILES string of the molecule is CCNC(=NCc1ccc(OCC(F)(F)F)nc1)N1CCC(COC)C1.I. The molecule has 1 atom stereocenters. The summed E-state index contributed by atoms with van der Waals surface area (Å²) in [7, 11) is 1.71. The Labute approximate surface area is 174 Å². The van der Waals surface area contributed by atoms with Gasteiger partial charge in [-0.2, -0.15) is 13.2 Å². The molecule has 1 aliphatic heterocycles. The van der Waals surface area contributed by atoms with Crippen molar-refractivity contribution in [2.24, 2.45) is 10.9 Å². The zero-order valence-corrected chi connectivity index (χ0v) is 17.8. The Morgan fingerprint density at radius 2 is 2.19 bits per heavy atom. The van der Waals surface area contributed by atoms with Crippen LogP contribution in [-0.4, -0.2) is 62.0 Å². The Balaban J connectivity index is 0.00000364. The van der Waals surface area contributed by atoms with Gasteiger partial charge in [-0.15, -0.1) is 24.0 Å². The minimum atomic E-state index is -4.37. The van der Waals surface area contributed by atoms with E-state index in [9.17, 15) is 13.2 Å². The number of likely N-dealkylation sites (tertiary alicyclic amines) is 1. The number of rotatable bonds is 7. The number of hydrogen-bond acceptors (Lipinski definition) is 4. The van der Waals surface area contributed by atoms with Crippen LogP contribution in [0.4, 0.5) is 13.2 Å². The van der Waals surface area contributed by atoms with Gasteiger partial charge in [0.2, 0.25) is 5.88 Å². The number of methoxy groups -OCH3 is 1. The Morgan fingerprint density at radius 3 is 2.78 bits per heavy atom. The van der Waals surface area contributed by atoms with Crippen molar-refractivity contribution in [1.29, 1.82) is 0 Å². The van der Waals surface area contributed by atoms with Crippen molar-refractivity contribution in [2.45, 2.75) is 26.1 Å². The van der Waals surface area contributed by atoms with E-state index >= 15 is 0 Å². The zero-order valence-electron chi connectivity index (χ0n) is 15.5. The van der Waals surface area contributed by atoms with Crippen LogP contribution in [0.5, 0.6) is 5.88 Å². The molecule has 1 N–H and O–H groups in total. The third-order valence-corrected chi connectivity index (χ3v) is 3.92. The van der Waals surface area contributed by atoms with Crippen LogP contribution in [0, 0.1) is 5.92 Å². The van der Waals surface area contributed by atoms with Gasteiger partial charge in [-0.05, 0) is 18.9 Å². The van der Waals surface area contributed by atoms with Gasteiger partial charge in [-0.1, -0.05) is 6.07 Å². The van der Waals surface area contributed by atoms with Crippen LogP contribution < -0.4 is 10.1 Å². The van der Waals surface area contributed by atoms with E-state index in [2.05, 4.69) is 24.9 Å². The lowest BCUT2D eigenvalue weighted by Gasteiger charge is -2.21. The molecule has 0 saturated carbocycles. The molecule has 1 fully saturated rings. The molecule has 1 aromatic rings. The standard InChI is InChI=1S/C17H25F3N4O2.HI/c1-3-21-16(24-7-6-14(10-24)11-25-2)23-9-13-4-5-15(22-8-13)26-12-17(18,19)20;/h4-5,8,14H,3,6-7,9-12H2,1-2H3,(H,21,23);1H. The molecule has 1 aromatic heterocycles. The summed E-state index contributed by atoms with van der Waals surface area (Å²) in [6, 6.07) is 3.09. The second-order valence-corrected chi connectivity index (χ2v) is 6.13. The van der Waals surface area contributed by atoms with Crippen LogP contribution in [0.1, 0.15) is 18.9 Å². The van der Waals surface area contributed by atoms with Gasteiger partial charge in [0, 0.05) is 44.9 Å². The number of alkyl halides is 3. The molecule has 2 heterocycles. The zero-order chi connectivity index (χ0) is 19.0. The summed E-state index contributed by atoms with van der Waals surface area (Å²) in [5, 5.41) is 3.27. The maximum absolute atomic E-state index is 12.1. The van der Waals surface area contributed by atoms with Crippen molar-refractivity contribution in [3.63, 3.8) is 0 Å². The lowest BCUT2D eigenvalue weighted by Crippen LogP contribution is -2.40. The molecular weight excluding hydrogens is 476 g/mol. The largest absolute Gasteiger partial charge is 0.468 e. The summed E-state index contributed by atoms with van der Waals surface area (Å²) >= 11 is 0. The number of guanidine groups is 1. The summed E-state index contributed by atoms with van der Waals surface area (Å²) in [6.07, 6.45) is -1.83. The van der Waals surface area contributed by atoms with Crippen LogP contribution in [0.25, 0.3) is 0 Å². The van der Waals surface area contributed by atoms with Gasteiger partial charge in [0.05, 0.1) is 13.2 Å². The molecule has 1 unspecified atom stereocenters. The number of ether oxygens (including phenoxy) is 2. The van der Waals surface area contributed by atoms with Crippen molar-refractivity contribution in [3.8, 4) is 5.88 Å². The number of halogens is 4. The summed E-state index contributed by atoms with van der Waals surface area (Å²) in [4.78, 5) is 10.7. The number of pyridine rings is 1. The van der Waals surface area contributed by atoms with E-state index in [1.54, 1.807) is 13.2 Å². The molecule has 0 radical (unpaired) electrons. The normalized spacial score (nSPS) is 17.6. The van der Waals surface area contributed by atoms with E-state index in [1.165, 1.54) is 12.3 Å². The number of nitrogens with one attached hydrogen (secondary N) is 1. The van der Waals surface area contributed by atoms with Crippen molar-refractivity contribution in [3.05, 3.63) is 23.9 Å². The average molecular weight is 502 g/mol. The number of aliphatic imine (C=N–C) groups is 1. The van der Waals surface area contributed by atoms with Gasteiger partial charge in [0.25, 0.3) is 0 Å². The summed E-state index contributed by atoms with van der Waals surface area (Å²) in [5.41, 5.74) is 0.799. The molecule has 1 aliphatic rings. The van der Waals surface area contributed by atoms with Gasteiger partial charge in [-0.3, -0.25) is 0 Å². The lowest BCUT2D eigenvalue weighted by molar-refractivity contribution is -0.154. The molecule has 10 heteroatoms. The monoisotopic (exact) mass is 502 g/mol. The van der Waals surface area contributed by atoms with E-state index in [0.717, 1.165) is 44.2 Å². The fourth-order valence-corrected chi connectivity index (χ4v) is 2.73. The summed E-state index contributed by atoms with van der Waals surface area (Å²) in [5.74, 6) is 1.27. The maximum Gasteiger partial charge on any atom is 0.422 e. The highest BCUT2D eigenvalue weighted by atomic mass is 127. The molecule has 6 nitrogen and oxygen atoms in total. The van der Waals surface area contributed by atoms with Gasteiger partial charge < -0.3 is 19.7 Å². The summed E-state index contributed by atoms with van der Waals surface area (Å²) in [6.45, 7) is 4.35.